The number of aromatic nitrogens is 1. The van der Waals surface area contributed by atoms with E-state index in [4.69, 9.17) is 0 Å². The number of thiophene rings is 1. The molecule has 3 heteroatoms. The van der Waals surface area contributed by atoms with Crippen molar-refractivity contribution in [1.29, 1.82) is 0 Å². The highest BCUT2D eigenvalue weighted by Crippen LogP contribution is 2.25. The highest BCUT2D eigenvalue weighted by molar-refractivity contribution is 7.17. The number of nitrogens with zero attached hydrogens (tertiary/aromatic N) is 1. The summed E-state index contributed by atoms with van der Waals surface area (Å²) >= 11 is 1.77. The van der Waals surface area contributed by atoms with Crippen LogP contribution in [0.1, 0.15) is 50.6 Å². The Labute approximate surface area is 113 Å². The number of pyridine rings is 1. The van der Waals surface area contributed by atoms with E-state index in [-0.39, 0.29) is 0 Å². The van der Waals surface area contributed by atoms with Crippen LogP contribution in [-0.4, -0.2) is 12.0 Å². The van der Waals surface area contributed by atoms with Crippen LogP contribution in [-0.2, 0) is 0 Å². The van der Waals surface area contributed by atoms with Crippen molar-refractivity contribution < 1.29 is 0 Å². The predicted octanol–water partition coefficient (Wildman–Crippen LogP) is 4.53. The van der Waals surface area contributed by atoms with E-state index < -0.39 is 0 Å². The largest absolute Gasteiger partial charge is 0.313 e. The SMILES string of the molecule is CCCCCCC(NC)c1cnc2ccsc2c1. The minimum absolute atomic E-state index is 0.445. The highest BCUT2D eigenvalue weighted by atomic mass is 32.1. The number of rotatable bonds is 7. The van der Waals surface area contributed by atoms with Gasteiger partial charge in [-0.2, -0.15) is 0 Å². The first-order valence-electron chi connectivity index (χ1n) is 6.85. The fourth-order valence-corrected chi connectivity index (χ4v) is 3.09. The molecular weight excluding hydrogens is 240 g/mol. The van der Waals surface area contributed by atoms with E-state index in [0.717, 1.165) is 5.52 Å². The monoisotopic (exact) mass is 262 g/mol. The maximum absolute atomic E-state index is 4.52. The van der Waals surface area contributed by atoms with Gasteiger partial charge in [0.25, 0.3) is 0 Å². The fraction of sp³-hybridized carbons (Fsp3) is 0.533. The molecule has 0 saturated heterocycles. The number of fused-ring (bicyclic) bond motifs is 1. The van der Waals surface area contributed by atoms with Crippen molar-refractivity contribution in [3.05, 3.63) is 29.3 Å². The molecular formula is C15H22N2S. The standard InChI is InChI=1S/C15H22N2S/c1-3-4-5-6-7-13(16-2)12-10-15-14(17-11-12)8-9-18-15/h8-11,13,16H,3-7H2,1-2H3. The van der Waals surface area contributed by atoms with E-state index in [1.165, 1.54) is 42.4 Å². The van der Waals surface area contributed by atoms with Crippen molar-refractivity contribution in [1.82, 2.24) is 10.3 Å². The number of hydrogen-bond acceptors (Lipinski definition) is 3. The molecule has 1 unspecified atom stereocenters. The van der Waals surface area contributed by atoms with Crippen LogP contribution in [0.2, 0.25) is 0 Å². The molecule has 0 aromatic carbocycles. The van der Waals surface area contributed by atoms with E-state index in [1.54, 1.807) is 11.3 Å². The normalized spacial score (nSPS) is 13.0. The van der Waals surface area contributed by atoms with Gasteiger partial charge >= 0.3 is 0 Å². The fourth-order valence-electron chi connectivity index (χ4n) is 2.31. The van der Waals surface area contributed by atoms with E-state index in [9.17, 15) is 0 Å². The second-order valence-electron chi connectivity index (χ2n) is 4.76. The average Bonchev–Trinajstić information content (AvgIpc) is 2.86. The van der Waals surface area contributed by atoms with Gasteiger partial charge in [0.2, 0.25) is 0 Å². The van der Waals surface area contributed by atoms with Gasteiger partial charge < -0.3 is 5.32 Å². The molecule has 0 aliphatic rings. The van der Waals surface area contributed by atoms with Crippen molar-refractivity contribution in [2.24, 2.45) is 0 Å². The summed E-state index contributed by atoms with van der Waals surface area (Å²) in [4.78, 5) is 4.52. The van der Waals surface area contributed by atoms with Crippen LogP contribution in [0.3, 0.4) is 0 Å². The maximum atomic E-state index is 4.52. The van der Waals surface area contributed by atoms with Crippen molar-refractivity contribution in [2.75, 3.05) is 7.05 Å². The topological polar surface area (TPSA) is 24.9 Å². The first-order valence-corrected chi connectivity index (χ1v) is 7.73. The molecule has 0 saturated carbocycles. The minimum Gasteiger partial charge on any atom is -0.313 e. The van der Waals surface area contributed by atoms with Gasteiger partial charge in [0.15, 0.2) is 0 Å². The number of nitrogens with one attached hydrogen (secondary N) is 1. The zero-order valence-corrected chi connectivity index (χ0v) is 12.1. The summed E-state index contributed by atoms with van der Waals surface area (Å²) in [6.07, 6.45) is 8.50. The average molecular weight is 262 g/mol. The molecule has 2 rings (SSSR count). The molecule has 0 fully saturated rings. The second-order valence-corrected chi connectivity index (χ2v) is 5.71. The Kier molecular flexibility index (Phi) is 5.14. The Hall–Kier alpha value is -0.930. The minimum atomic E-state index is 0.445. The van der Waals surface area contributed by atoms with Crippen LogP contribution in [0.25, 0.3) is 10.2 Å². The first kappa shape index (κ1) is 13.5. The van der Waals surface area contributed by atoms with Crippen LogP contribution >= 0.6 is 11.3 Å². The van der Waals surface area contributed by atoms with Crippen molar-refractivity contribution in [3.8, 4) is 0 Å². The van der Waals surface area contributed by atoms with E-state index in [0.29, 0.717) is 6.04 Å². The smallest absolute Gasteiger partial charge is 0.0809 e. The Morgan fingerprint density at radius 1 is 1.33 bits per heavy atom. The summed E-state index contributed by atoms with van der Waals surface area (Å²) in [7, 11) is 2.04. The quantitative estimate of drug-likeness (QED) is 0.742. The van der Waals surface area contributed by atoms with Gasteiger partial charge in [0.05, 0.1) is 10.2 Å². The van der Waals surface area contributed by atoms with Crippen molar-refractivity contribution in [2.45, 2.75) is 45.1 Å². The summed E-state index contributed by atoms with van der Waals surface area (Å²) < 4.78 is 1.29. The van der Waals surface area contributed by atoms with Crippen LogP contribution in [0.5, 0.6) is 0 Å². The van der Waals surface area contributed by atoms with Gasteiger partial charge in [-0.1, -0.05) is 32.6 Å². The van der Waals surface area contributed by atoms with E-state index in [2.05, 4.69) is 34.7 Å². The van der Waals surface area contributed by atoms with Crippen LogP contribution in [0.15, 0.2) is 23.7 Å². The van der Waals surface area contributed by atoms with Gasteiger partial charge in [-0.15, -0.1) is 11.3 Å². The zero-order chi connectivity index (χ0) is 12.8. The van der Waals surface area contributed by atoms with Crippen LogP contribution in [0, 0.1) is 0 Å². The third kappa shape index (κ3) is 3.30. The molecule has 1 N–H and O–H groups in total. The van der Waals surface area contributed by atoms with Crippen molar-refractivity contribution >= 4 is 21.6 Å². The second kappa shape index (κ2) is 6.86. The first-order chi connectivity index (χ1) is 8.85. The van der Waals surface area contributed by atoms with Gasteiger partial charge in [-0.05, 0) is 36.5 Å². The summed E-state index contributed by atoms with van der Waals surface area (Å²) in [5, 5.41) is 5.52. The molecule has 98 valence electrons. The molecule has 2 aromatic heterocycles. The lowest BCUT2D eigenvalue weighted by atomic mass is 10.0. The third-order valence-corrected chi connectivity index (χ3v) is 4.27. The molecule has 2 nitrogen and oxygen atoms in total. The Morgan fingerprint density at radius 2 is 2.22 bits per heavy atom. The van der Waals surface area contributed by atoms with E-state index in [1.807, 2.05) is 13.2 Å². The lowest BCUT2D eigenvalue weighted by Crippen LogP contribution is -2.16. The van der Waals surface area contributed by atoms with Crippen molar-refractivity contribution in [3.63, 3.8) is 0 Å². The molecule has 0 radical (unpaired) electrons. The molecule has 0 aliphatic carbocycles. The van der Waals surface area contributed by atoms with Gasteiger partial charge in [0, 0.05) is 12.2 Å². The summed E-state index contributed by atoms with van der Waals surface area (Å²) in [5.41, 5.74) is 2.44. The number of hydrogen-bond donors (Lipinski definition) is 1. The molecule has 2 aromatic rings. The maximum Gasteiger partial charge on any atom is 0.0809 e. The van der Waals surface area contributed by atoms with E-state index >= 15 is 0 Å². The van der Waals surface area contributed by atoms with Crippen LogP contribution in [0.4, 0.5) is 0 Å². The predicted molar refractivity (Wildman–Crippen MR) is 80.2 cm³/mol. The highest BCUT2D eigenvalue weighted by Gasteiger charge is 2.10. The zero-order valence-electron chi connectivity index (χ0n) is 11.3. The summed E-state index contributed by atoms with van der Waals surface area (Å²) in [5.74, 6) is 0. The van der Waals surface area contributed by atoms with Gasteiger partial charge in [-0.25, -0.2) is 0 Å². The van der Waals surface area contributed by atoms with Crippen LogP contribution < -0.4 is 5.32 Å². The number of unbranched alkanes of at least 4 members (excludes halogenated alkanes) is 3. The Morgan fingerprint density at radius 3 is 3.00 bits per heavy atom. The lowest BCUT2D eigenvalue weighted by molar-refractivity contribution is 0.504. The Bertz CT molecular complexity index is 478. The molecule has 0 bridgehead atoms. The lowest BCUT2D eigenvalue weighted by Gasteiger charge is -2.16. The Balaban J connectivity index is 2.01. The summed E-state index contributed by atoms with van der Waals surface area (Å²) in [6.45, 7) is 2.25. The van der Waals surface area contributed by atoms with Gasteiger partial charge in [-0.3, -0.25) is 4.98 Å². The molecule has 1 atom stereocenters. The molecule has 2 heterocycles. The molecule has 0 spiro atoms. The molecule has 0 amide bonds. The molecule has 18 heavy (non-hydrogen) atoms. The van der Waals surface area contributed by atoms with Gasteiger partial charge in [0.1, 0.15) is 0 Å². The molecule has 0 aliphatic heterocycles. The third-order valence-electron chi connectivity index (χ3n) is 3.42. The summed E-state index contributed by atoms with van der Waals surface area (Å²) in [6, 6.07) is 4.81.